The van der Waals surface area contributed by atoms with Crippen LogP contribution in [0.2, 0.25) is 0 Å². The van der Waals surface area contributed by atoms with Gasteiger partial charge >= 0.3 is 0 Å². The zero-order valence-electron chi connectivity index (χ0n) is 12.6. The molecule has 0 saturated carbocycles. The summed E-state index contributed by atoms with van der Waals surface area (Å²) in [6.45, 7) is 3.85. The van der Waals surface area contributed by atoms with Gasteiger partial charge in [0, 0.05) is 10.9 Å². The van der Waals surface area contributed by atoms with E-state index in [1.807, 2.05) is 13.8 Å². The molecule has 0 saturated heterocycles. The van der Waals surface area contributed by atoms with Gasteiger partial charge in [-0.1, -0.05) is 0 Å². The van der Waals surface area contributed by atoms with Gasteiger partial charge < -0.3 is 9.15 Å². The highest BCUT2D eigenvalue weighted by Crippen LogP contribution is 2.38. The van der Waals surface area contributed by atoms with Crippen LogP contribution >= 0.6 is 15.9 Å². The number of furan rings is 1. The fraction of sp³-hybridized carbons (Fsp3) is 0.167. The fourth-order valence-corrected chi connectivity index (χ4v) is 2.81. The van der Waals surface area contributed by atoms with Gasteiger partial charge in [-0.25, -0.2) is 4.39 Å². The first-order valence-corrected chi connectivity index (χ1v) is 7.92. The van der Waals surface area contributed by atoms with Crippen LogP contribution in [-0.2, 0) is 0 Å². The van der Waals surface area contributed by atoms with Gasteiger partial charge in [0.05, 0.1) is 16.1 Å². The Bertz CT molecular complexity index is 866. The monoisotopic (exact) mass is 376 g/mol. The van der Waals surface area contributed by atoms with E-state index in [1.54, 1.807) is 24.3 Å². The normalized spacial score (nSPS) is 11.2. The number of hydrogen-bond acceptors (Lipinski definition) is 3. The fourth-order valence-electron chi connectivity index (χ4n) is 2.39. The third-order valence-corrected chi connectivity index (χ3v) is 3.99. The molecule has 0 aliphatic rings. The molecular formula is C18H14BrFO3. The first-order valence-electron chi connectivity index (χ1n) is 7.13. The maximum atomic E-state index is 13.1. The van der Waals surface area contributed by atoms with Crippen molar-refractivity contribution in [3.8, 4) is 17.1 Å². The van der Waals surface area contributed by atoms with Crippen LogP contribution in [0.25, 0.3) is 22.3 Å². The Labute approximate surface area is 141 Å². The first-order chi connectivity index (χ1) is 11.0. The van der Waals surface area contributed by atoms with E-state index in [9.17, 15) is 9.18 Å². The molecule has 3 aromatic rings. The van der Waals surface area contributed by atoms with Crippen LogP contribution in [0.3, 0.4) is 0 Å². The van der Waals surface area contributed by atoms with Gasteiger partial charge in [-0.2, -0.15) is 0 Å². The predicted molar refractivity (Wildman–Crippen MR) is 90.5 cm³/mol. The third-order valence-electron chi connectivity index (χ3n) is 3.37. The van der Waals surface area contributed by atoms with Crippen LogP contribution < -0.4 is 4.74 Å². The molecule has 0 fully saturated rings. The van der Waals surface area contributed by atoms with Crippen LogP contribution in [0.1, 0.15) is 24.2 Å². The molecule has 118 valence electrons. The Balaban J connectivity index is 2.20. The second-order valence-electron chi connectivity index (χ2n) is 5.42. The Morgan fingerprint density at radius 3 is 2.52 bits per heavy atom. The van der Waals surface area contributed by atoms with Crippen molar-refractivity contribution in [2.45, 2.75) is 20.0 Å². The molecule has 2 aromatic carbocycles. The van der Waals surface area contributed by atoms with Crippen LogP contribution in [0.4, 0.5) is 4.39 Å². The van der Waals surface area contributed by atoms with E-state index in [2.05, 4.69) is 15.9 Å². The van der Waals surface area contributed by atoms with Crippen LogP contribution in [0, 0.1) is 5.82 Å². The molecule has 0 N–H and O–H groups in total. The minimum absolute atomic E-state index is 0.00639. The van der Waals surface area contributed by atoms with Gasteiger partial charge in [-0.3, -0.25) is 4.79 Å². The molecule has 0 aliphatic heterocycles. The van der Waals surface area contributed by atoms with Gasteiger partial charge in [0.2, 0.25) is 0 Å². The Kier molecular flexibility index (Phi) is 4.22. The summed E-state index contributed by atoms with van der Waals surface area (Å²) in [6.07, 6.45) is 0.754. The van der Waals surface area contributed by atoms with Crippen LogP contribution in [0.15, 0.2) is 45.3 Å². The van der Waals surface area contributed by atoms with Gasteiger partial charge in [0.15, 0.2) is 6.29 Å². The van der Waals surface area contributed by atoms with E-state index in [-0.39, 0.29) is 11.9 Å². The number of carbonyl (C=O) groups excluding carboxylic acids is 1. The van der Waals surface area contributed by atoms with E-state index >= 15 is 0 Å². The zero-order chi connectivity index (χ0) is 16.6. The molecule has 3 rings (SSSR count). The van der Waals surface area contributed by atoms with E-state index in [0.29, 0.717) is 33.6 Å². The topological polar surface area (TPSA) is 39.4 Å². The molecule has 0 bridgehead atoms. The minimum atomic E-state index is -0.340. The summed E-state index contributed by atoms with van der Waals surface area (Å²) < 4.78 is 25.4. The van der Waals surface area contributed by atoms with Crippen molar-refractivity contribution in [1.29, 1.82) is 0 Å². The SMILES string of the molecule is CC(C)Oc1cc2c(C=O)c(-c3ccc(F)cc3)oc2cc1Br. The Morgan fingerprint density at radius 1 is 1.22 bits per heavy atom. The van der Waals surface area contributed by atoms with Crippen LogP contribution in [0.5, 0.6) is 5.75 Å². The lowest BCUT2D eigenvalue weighted by atomic mass is 10.1. The zero-order valence-corrected chi connectivity index (χ0v) is 14.2. The summed E-state index contributed by atoms with van der Waals surface area (Å²) in [5.74, 6) is 0.721. The smallest absolute Gasteiger partial charge is 0.154 e. The van der Waals surface area contributed by atoms with Crippen molar-refractivity contribution < 1.29 is 18.3 Å². The molecule has 0 spiro atoms. The molecular weight excluding hydrogens is 363 g/mol. The highest BCUT2D eigenvalue weighted by Gasteiger charge is 2.18. The number of ether oxygens (including phenoxy) is 1. The van der Waals surface area contributed by atoms with Crippen molar-refractivity contribution in [1.82, 2.24) is 0 Å². The van der Waals surface area contributed by atoms with Crippen LogP contribution in [-0.4, -0.2) is 12.4 Å². The lowest BCUT2D eigenvalue weighted by molar-refractivity contribution is 0.112. The number of fused-ring (bicyclic) bond motifs is 1. The number of rotatable bonds is 4. The molecule has 5 heteroatoms. The van der Waals surface area contributed by atoms with Gasteiger partial charge in [0.25, 0.3) is 0 Å². The summed E-state index contributed by atoms with van der Waals surface area (Å²) in [6, 6.07) is 9.38. The molecule has 0 atom stereocenters. The summed E-state index contributed by atoms with van der Waals surface area (Å²) in [5, 5.41) is 0.665. The number of hydrogen-bond donors (Lipinski definition) is 0. The Hall–Kier alpha value is -2.14. The molecule has 0 aliphatic carbocycles. The lowest BCUT2D eigenvalue weighted by Crippen LogP contribution is -2.05. The largest absolute Gasteiger partial charge is 0.490 e. The highest BCUT2D eigenvalue weighted by molar-refractivity contribution is 9.10. The maximum Gasteiger partial charge on any atom is 0.154 e. The number of halogens is 2. The van der Waals surface area contributed by atoms with E-state index in [4.69, 9.17) is 9.15 Å². The molecule has 23 heavy (non-hydrogen) atoms. The lowest BCUT2D eigenvalue weighted by Gasteiger charge is -2.11. The maximum absolute atomic E-state index is 13.1. The number of carbonyl (C=O) groups is 1. The molecule has 1 heterocycles. The quantitative estimate of drug-likeness (QED) is 0.556. The summed E-state index contributed by atoms with van der Waals surface area (Å²) in [5.41, 5.74) is 1.63. The van der Waals surface area contributed by atoms with Gasteiger partial charge in [0.1, 0.15) is 22.9 Å². The Morgan fingerprint density at radius 2 is 1.91 bits per heavy atom. The van der Waals surface area contributed by atoms with Crippen molar-refractivity contribution in [2.75, 3.05) is 0 Å². The number of aldehydes is 1. The van der Waals surface area contributed by atoms with Gasteiger partial charge in [-0.15, -0.1) is 0 Å². The average Bonchev–Trinajstić information content (AvgIpc) is 2.85. The second-order valence-corrected chi connectivity index (χ2v) is 6.27. The second kappa shape index (κ2) is 6.16. The molecule has 0 amide bonds. The number of benzene rings is 2. The van der Waals surface area contributed by atoms with E-state index < -0.39 is 0 Å². The summed E-state index contributed by atoms with van der Waals surface area (Å²) >= 11 is 3.44. The third kappa shape index (κ3) is 3.01. The molecule has 0 radical (unpaired) electrons. The van der Waals surface area contributed by atoms with Crippen molar-refractivity contribution in [2.24, 2.45) is 0 Å². The van der Waals surface area contributed by atoms with Crippen molar-refractivity contribution in [3.05, 3.63) is 52.3 Å². The predicted octanol–water partition coefficient (Wildman–Crippen LogP) is 5.60. The first kappa shape index (κ1) is 15.7. The molecule has 1 aromatic heterocycles. The van der Waals surface area contributed by atoms with E-state index in [0.717, 1.165) is 10.8 Å². The van der Waals surface area contributed by atoms with Crippen molar-refractivity contribution in [3.63, 3.8) is 0 Å². The summed E-state index contributed by atoms with van der Waals surface area (Å²) in [7, 11) is 0. The average molecular weight is 377 g/mol. The molecule has 3 nitrogen and oxygen atoms in total. The molecule has 0 unspecified atom stereocenters. The summed E-state index contributed by atoms with van der Waals surface area (Å²) in [4.78, 5) is 11.6. The van der Waals surface area contributed by atoms with Gasteiger partial charge in [-0.05, 0) is 66.2 Å². The van der Waals surface area contributed by atoms with E-state index in [1.165, 1.54) is 12.1 Å². The standard InChI is InChI=1S/C18H14BrFO3/c1-10(2)22-17-7-13-14(9-21)18(23-16(13)8-15(17)19)11-3-5-12(20)6-4-11/h3-10H,1-2H3. The van der Waals surface area contributed by atoms with Crippen molar-refractivity contribution >= 4 is 33.2 Å². The minimum Gasteiger partial charge on any atom is -0.490 e. The highest BCUT2D eigenvalue weighted by atomic mass is 79.9.